The van der Waals surface area contributed by atoms with E-state index >= 15 is 4.39 Å². The average molecular weight is 694 g/mol. The zero-order valence-electron chi connectivity index (χ0n) is 26.5. The Balaban J connectivity index is 1.30. The van der Waals surface area contributed by atoms with Crippen molar-refractivity contribution < 1.29 is 23.8 Å². The first-order valence-corrected chi connectivity index (χ1v) is 16.6. The van der Waals surface area contributed by atoms with Crippen LogP contribution in [0.5, 0.6) is 11.8 Å². The lowest BCUT2D eigenvalue weighted by atomic mass is 10.00. The van der Waals surface area contributed by atoms with Gasteiger partial charge in [0.2, 0.25) is 0 Å². The van der Waals surface area contributed by atoms with Crippen molar-refractivity contribution in [2.45, 2.75) is 70.2 Å². The van der Waals surface area contributed by atoms with Gasteiger partial charge in [0.1, 0.15) is 35.0 Å². The number of phenolic OH excluding ortho intramolecular Hbond substituents is 1. The zero-order valence-corrected chi connectivity index (χ0v) is 28.1. The van der Waals surface area contributed by atoms with Crippen molar-refractivity contribution in [2.24, 2.45) is 0 Å². The van der Waals surface area contributed by atoms with Crippen LogP contribution in [-0.4, -0.2) is 93.0 Å². The number of carbonyl (C=O) groups is 1. The number of fused-ring (bicyclic) bond motifs is 4. The number of piperazine rings is 1. The Labute approximate surface area is 275 Å². The summed E-state index contributed by atoms with van der Waals surface area (Å²) in [5.74, 6) is -0.102. The lowest BCUT2D eigenvalue weighted by Crippen LogP contribution is -2.57. The number of aromatic hydroxyl groups is 1. The van der Waals surface area contributed by atoms with Gasteiger partial charge in [0.25, 0.3) is 0 Å². The van der Waals surface area contributed by atoms with Gasteiger partial charge in [-0.2, -0.15) is 9.97 Å². The number of likely N-dealkylation sites (tertiary alicyclic amines) is 1. The van der Waals surface area contributed by atoms with E-state index in [0.29, 0.717) is 40.9 Å². The van der Waals surface area contributed by atoms with Gasteiger partial charge >= 0.3 is 12.1 Å². The Morgan fingerprint density at radius 2 is 1.80 bits per heavy atom. The monoisotopic (exact) mass is 692 g/mol. The summed E-state index contributed by atoms with van der Waals surface area (Å²) >= 11 is 3.46. The van der Waals surface area contributed by atoms with Crippen LogP contribution in [0.25, 0.3) is 32.9 Å². The first-order chi connectivity index (χ1) is 22.0. The van der Waals surface area contributed by atoms with Crippen molar-refractivity contribution in [3.8, 4) is 23.0 Å². The number of aromatic nitrogens is 3. The maximum Gasteiger partial charge on any atom is 0.410 e. The highest BCUT2D eigenvalue weighted by molar-refractivity contribution is 9.10. The summed E-state index contributed by atoms with van der Waals surface area (Å²) in [5, 5.41) is 12.6. The van der Waals surface area contributed by atoms with Gasteiger partial charge in [-0.15, -0.1) is 0 Å². The van der Waals surface area contributed by atoms with Crippen LogP contribution in [0.4, 0.5) is 15.0 Å². The second-order valence-electron chi connectivity index (χ2n) is 13.6. The Morgan fingerprint density at radius 1 is 1.09 bits per heavy atom. The summed E-state index contributed by atoms with van der Waals surface area (Å²) < 4.78 is 29.2. The second-order valence-corrected chi connectivity index (χ2v) is 14.4. The number of carbonyl (C=O) groups excluding carboxylic acids is 1. The number of halogens is 2. The number of benzene rings is 2. The van der Waals surface area contributed by atoms with Crippen LogP contribution in [0.1, 0.15) is 46.5 Å². The third kappa shape index (κ3) is 5.59. The van der Waals surface area contributed by atoms with Crippen LogP contribution < -0.4 is 9.64 Å². The molecule has 2 unspecified atom stereocenters. The van der Waals surface area contributed by atoms with Crippen molar-refractivity contribution in [3.63, 3.8) is 0 Å². The number of anilines is 1. The minimum absolute atomic E-state index is 0.0126. The van der Waals surface area contributed by atoms with E-state index in [4.69, 9.17) is 14.5 Å². The topological polar surface area (TPSA) is 104 Å². The Bertz CT molecular complexity index is 1820. The third-order valence-electron chi connectivity index (χ3n) is 9.32. The molecule has 46 heavy (non-hydrogen) atoms. The summed E-state index contributed by atoms with van der Waals surface area (Å²) in [6.45, 7) is 8.03. The molecule has 2 aromatic carbocycles. The van der Waals surface area contributed by atoms with Crippen LogP contribution in [0.2, 0.25) is 0 Å². The van der Waals surface area contributed by atoms with Gasteiger partial charge in [0.15, 0.2) is 5.82 Å². The summed E-state index contributed by atoms with van der Waals surface area (Å²) in [7, 11) is 2.07. The first kappa shape index (κ1) is 30.9. The summed E-state index contributed by atoms with van der Waals surface area (Å²) in [6.07, 6.45) is 5.09. The van der Waals surface area contributed by atoms with Gasteiger partial charge in [0.05, 0.1) is 21.9 Å². The second kappa shape index (κ2) is 11.8. The predicted octanol–water partition coefficient (Wildman–Crippen LogP) is 6.51. The number of nitrogens with zero attached hydrogens (tertiary/aromatic N) is 6. The van der Waals surface area contributed by atoms with Crippen molar-refractivity contribution in [3.05, 3.63) is 46.8 Å². The molecule has 242 valence electrons. The number of hydrogen-bond acceptors (Lipinski definition) is 9. The zero-order chi connectivity index (χ0) is 32.3. The van der Waals surface area contributed by atoms with Crippen LogP contribution in [0, 0.1) is 5.82 Å². The van der Waals surface area contributed by atoms with Crippen molar-refractivity contribution >= 4 is 49.5 Å². The van der Waals surface area contributed by atoms with Crippen molar-refractivity contribution in [1.29, 1.82) is 0 Å². The van der Waals surface area contributed by atoms with Crippen molar-refractivity contribution in [2.75, 3.05) is 38.2 Å². The van der Waals surface area contributed by atoms with Gasteiger partial charge in [-0.25, -0.2) is 9.18 Å². The maximum atomic E-state index is 16.7. The Kier molecular flexibility index (Phi) is 7.91. The SMILES string of the molecule is CN1CCC[C@H]1COc1nc(N2CC3CCC(C2)N3C(=O)OC(C)(C)C)c2cnc(-c3cc(O)c(Br)c4ccccc34)c(F)c2n1. The highest BCUT2D eigenvalue weighted by Gasteiger charge is 2.45. The summed E-state index contributed by atoms with van der Waals surface area (Å²) in [5.41, 5.74) is 0.0362. The first-order valence-electron chi connectivity index (χ1n) is 15.8. The lowest BCUT2D eigenvalue weighted by Gasteiger charge is -2.42. The molecule has 2 aromatic heterocycles. The molecule has 3 saturated heterocycles. The highest BCUT2D eigenvalue weighted by Crippen LogP contribution is 2.42. The molecule has 1 amide bonds. The number of hydrogen-bond donors (Lipinski definition) is 1. The molecule has 10 nitrogen and oxygen atoms in total. The molecule has 2 bridgehead atoms. The third-order valence-corrected chi connectivity index (χ3v) is 10.2. The Hall–Kier alpha value is -3.77. The van der Waals surface area contributed by atoms with Crippen molar-refractivity contribution in [1.82, 2.24) is 24.8 Å². The highest BCUT2D eigenvalue weighted by atomic mass is 79.9. The van der Waals surface area contributed by atoms with Gasteiger partial charge in [-0.05, 0) is 87.4 Å². The minimum atomic E-state index is -0.619. The fourth-order valence-corrected chi connectivity index (χ4v) is 7.55. The molecular weight excluding hydrogens is 655 g/mol. The molecule has 12 heteroatoms. The molecule has 3 aliphatic rings. The van der Waals surface area contributed by atoms with E-state index < -0.39 is 11.4 Å². The number of ether oxygens (including phenoxy) is 2. The summed E-state index contributed by atoms with van der Waals surface area (Å²) in [6, 6.07) is 9.18. The minimum Gasteiger partial charge on any atom is -0.507 e. The normalized spacial score (nSPS) is 21.8. The lowest BCUT2D eigenvalue weighted by molar-refractivity contribution is 0.0122. The van der Waals surface area contributed by atoms with E-state index in [1.165, 1.54) is 6.07 Å². The Morgan fingerprint density at radius 3 is 2.48 bits per heavy atom. The molecule has 5 heterocycles. The molecule has 3 aliphatic heterocycles. The van der Waals surface area contributed by atoms with Crippen LogP contribution in [0.3, 0.4) is 0 Å². The molecule has 3 fully saturated rings. The molecule has 4 aromatic rings. The standard InChI is InChI=1S/C34H38BrFN6O4/c1-34(2,3)46-33(44)42-19-11-12-20(42)17-41(16-19)31-25-15-37-29(24-14-26(43)27(35)23-10-6-5-9-22(23)24)28(36)30(25)38-32(39-31)45-18-21-8-7-13-40(21)4/h5-6,9-10,14-15,19-21,43H,7-8,11-13,16-18H2,1-4H3/t19?,20?,21-/m0/s1. The largest absolute Gasteiger partial charge is 0.507 e. The molecule has 0 saturated carbocycles. The smallest absolute Gasteiger partial charge is 0.410 e. The molecular formula is C34H38BrFN6O4. The quantitative estimate of drug-likeness (QED) is 0.251. The van der Waals surface area contributed by atoms with E-state index in [-0.39, 0.29) is 47.2 Å². The van der Waals surface area contributed by atoms with Crippen LogP contribution >= 0.6 is 15.9 Å². The fraction of sp³-hybridized carbons (Fsp3) is 0.471. The molecule has 3 atom stereocenters. The van der Waals surface area contributed by atoms with Crippen LogP contribution in [-0.2, 0) is 4.74 Å². The van der Waals surface area contributed by atoms with Gasteiger partial charge < -0.3 is 24.4 Å². The van der Waals surface area contributed by atoms with E-state index in [2.05, 4.69) is 42.7 Å². The predicted molar refractivity (Wildman–Crippen MR) is 178 cm³/mol. The van der Waals surface area contributed by atoms with E-state index in [1.807, 2.05) is 49.9 Å². The van der Waals surface area contributed by atoms with Gasteiger partial charge in [-0.3, -0.25) is 9.88 Å². The van der Waals surface area contributed by atoms with E-state index in [1.54, 1.807) is 6.20 Å². The number of amides is 1. The van der Waals surface area contributed by atoms with Crippen LogP contribution in [0.15, 0.2) is 41.0 Å². The molecule has 0 radical (unpaired) electrons. The molecule has 1 N–H and O–H groups in total. The molecule has 0 aliphatic carbocycles. The van der Waals surface area contributed by atoms with E-state index in [0.717, 1.165) is 43.0 Å². The number of rotatable bonds is 5. The maximum absolute atomic E-state index is 16.7. The fourth-order valence-electron chi connectivity index (χ4n) is 7.09. The molecule has 7 rings (SSSR count). The number of likely N-dealkylation sites (N-methyl/N-ethyl adjacent to an activating group) is 1. The van der Waals surface area contributed by atoms with E-state index in [9.17, 15) is 9.90 Å². The van der Waals surface area contributed by atoms with Gasteiger partial charge in [0, 0.05) is 36.3 Å². The average Bonchev–Trinajstić information content (AvgIpc) is 3.55. The molecule has 0 spiro atoms. The number of pyridine rings is 1. The summed E-state index contributed by atoms with van der Waals surface area (Å²) in [4.78, 5) is 33.4. The van der Waals surface area contributed by atoms with Gasteiger partial charge in [-0.1, -0.05) is 24.3 Å². The number of phenols is 1.